The summed E-state index contributed by atoms with van der Waals surface area (Å²) >= 11 is 0. The Balaban J connectivity index is 1.77. The summed E-state index contributed by atoms with van der Waals surface area (Å²) in [6, 6.07) is 0. The maximum Gasteiger partial charge on any atom is 0.157 e. The number of rotatable bonds is 9. The third kappa shape index (κ3) is 6.43. The minimum Gasteiger partial charge on any atom is -0.394 e. The molecule has 0 aliphatic carbocycles. The summed E-state index contributed by atoms with van der Waals surface area (Å²) in [5.74, 6) is 0. The predicted molar refractivity (Wildman–Crippen MR) is 61.1 cm³/mol. The van der Waals surface area contributed by atoms with E-state index in [-0.39, 0.29) is 12.9 Å². The van der Waals surface area contributed by atoms with Crippen molar-refractivity contribution in [1.29, 1.82) is 0 Å². The van der Waals surface area contributed by atoms with Crippen LogP contribution in [0.25, 0.3) is 0 Å². The number of hydrogen-bond donors (Lipinski definition) is 2. The van der Waals surface area contributed by atoms with E-state index in [0.717, 1.165) is 38.9 Å². The fourth-order valence-electron chi connectivity index (χ4n) is 1.89. The molecule has 0 aromatic carbocycles. The highest BCUT2D eigenvalue weighted by molar-refractivity contribution is 4.55. The topological polar surface area (TPSA) is 58.9 Å². The summed E-state index contributed by atoms with van der Waals surface area (Å²) in [6.07, 6.45) is 6.87. The molecule has 4 heteroatoms. The van der Waals surface area contributed by atoms with Crippen LogP contribution >= 0.6 is 0 Å². The average molecular weight is 232 g/mol. The molecule has 16 heavy (non-hydrogen) atoms. The van der Waals surface area contributed by atoms with Gasteiger partial charge in [0.2, 0.25) is 0 Å². The van der Waals surface area contributed by atoms with Crippen LogP contribution in [0.4, 0.5) is 0 Å². The Morgan fingerprint density at radius 2 is 1.62 bits per heavy atom. The highest BCUT2D eigenvalue weighted by Crippen LogP contribution is 2.14. The second-order valence-electron chi connectivity index (χ2n) is 4.35. The predicted octanol–water partition coefficient (Wildman–Crippen LogP) is 1.44. The molecular weight excluding hydrogens is 208 g/mol. The third-order valence-electron chi connectivity index (χ3n) is 2.88. The Morgan fingerprint density at radius 1 is 1.00 bits per heavy atom. The van der Waals surface area contributed by atoms with E-state index < -0.39 is 6.10 Å². The summed E-state index contributed by atoms with van der Waals surface area (Å²) in [7, 11) is 0. The highest BCUT2D eigenvalue weighted by Gasteiger charge is 2.14. The molecule has 96 valence electrons. The van der Waals surface area contributed by atoms with Crippen LogP contribution in [0.2, 0.25) is 0 Å². The number of hydrogen-bond acceptors (Lipinski definition) is 4. The van der Waals surface area contributed by atoms with Crippen molar-refractivity contribution in [3.05, 3.63) is 0 Å². The first-order valence-electron chi connectivity index (χ1n) is 6.35. The first-order chi connectivity index (χ1) is 7.83. The van der Waals surface area contributed by atoms with Crippen molar-refractivity contribution in [2.24, 2.45) is 0 Å². The monoisotopic (exact) mass is 232 g/mol. The smallest absolute Gasteiger partial charge is 0.157 e. The molecule has 1 saturated heterocycles. The lowest BCUT2D eigenvalue weighted by atomic mass is 10.1. The molecule has 1 heterocycles. The fraction of sp³-hybridized carbons (Fsp3) is 1.00. The van der Waals surface area contributed by atoms with Crippen molar-refractivity contribution in [3.8, 4) is 0 Å². The zero-order chi connectivity index (χ0) is 11.6. The molecule has 0 spiro atoms. The normalized spacial score (nSPS) is 19.1. The van der Waals surface area contributed by atoms with Crippen molar-refractivity contribution < 1.29 is 19.7 Å². The summed E-state index contributed by atoms with van der Waals surface area (Å²) in [5, 5.41) is 17.7. The van der Waals surface area contributed by atoms with Crippen molar-refractivity contribution in [1.82, 2.24) is 0 Å². The third-order valence-corrected chi connectivity index (χ3v) is 2.88. The highest BCUT2D eigenvalue weighted by atomic mass is 16.7. The van der Waals surface area contributed by atoms with Crippen molar-refractivity contribution in [3.63, 3.8) is 0 Å². The van der Waals surface area contributed by atoms with E-state index in [0.29, 0.717) is 6.42 Å². The average Bonchev–Trinajstić information content (AvgIpc) is 2.80. The van der Waals surface area contributed by atoms with Gasteiger partial charge in [0.05, 0.1) is 25.9 Å². The molecule has 1 unspecified atom stereocenters. The van der Waals surface area contributed by atoms with E-state index in [1.165, 1.54) is 12.8 Å². The quantitative estimate of drug-likeness (QED) is 0.591. The van der Waals surface area contributed by atoms with Crippen molar-refractivity contribution in [2.45, 2.75) is 57.3 Å². The van der Waals surface area contributed by atoms with Gasteiger partial charge in [-0.1, -0.05) is 25.7 Å². The van der Waals surface area contributed by atoms with Gasteiger partial charge in [-0.3, -0.25) is 0 Å². The summed E-state index contributed by atoms with van der Waals surface area (Å²) in [4.78, 5) is 0. The molecule has 2 N–H and O–H groups in total. The summed E-state index contributed by atoms with van der Waals surface area (Å²) in [6.45, 7) is 1.36. The molecule has 0 bridgehead atoms. The molecule has 0 saturated carbocycles. The second-order valence-corrected chi connectivity index (χ2v) is 4.35. The lowest BCUT2D eigenvalue weighted by Crippen LogP contribution is -2.11. The van der Waals surface area contributed by atoms with Crippen LogP contribution in [0, 0.1) is 0 Å². The zero-order valence-electron chi connectivity index (χ0n) is 9.94. The standard InChI is InChI=1S/C12H24O4/c13-10-11(14)6-4-2-1-3-5-7-12-15-8-9-16-12/h11-14H,1-10H2. The van der Waals surface area contributed by atoms with Crippen LogP contribution in [0.5, 0.6) is 0 Å². The second kappa shape index (κ2) is 8.93. The van der Waals surface area contributed by atoms with Crippen LogP contribution in [0.3, 0.4) is 0 Å². The lowest BCUT2D eigenvalue weighted by molar-refractivity contribution is -0.0480. The Bertz CT molecular complexity index is 157. The largest absolute Gasteiger partial charge is 0.394 e. The molecule has 0 radical (unpaired) electrons. The van der Waals surface area contributed by atoms with Gasteiger partial charge >= 0.3 is 0 Å². The Labute approximate surface area is 97.6 Å². The van der Waals surface area contributed by atoms with E-state index in [1.807, 2.05) is 0 Å². The van der Waals surface area contributed by atoms with Crippen LogP contribution in [-0.2, 0) is 9.47 Å². The number of aliphatic hydroxyl groups is 2. The number of ether oxygens (including phenoxy) is 2. The minimum atomic E-state index is -0.528. The van der Waals surface area contributed by atoms with E-state index >= 15 is 0 Å². The van der Waals surface area contributed by atoms with Crippen LogP contribution < -0.4 is 0 Å². The summed E-state index contributed by atoms with van der Waals surface area (Å²) in [5.41, 5.74) is 0. The maximum atomic E-state index is 9.12. The van der Waals surface area contributed by atoms with Crippen LogP contribution in [0.15, 0.2) is 0 Å². The van der Waals surface area contributed by atoms with Gasteiger partial charge in [0.15, 0.2) is 6.29 Å². The lowest BCUT2D eigenvalue weighted by Gasteiger charge is -2.08. The molecule has 1 aliphatic rings. The van der Waals surface area contributed by atoms with Crippen LogP contribution in [-0.4, -0.2) is 42.4 Å². The van der Waals surface area contributed by atoms with Gasteiger partial charge in [0.1, 0.15) is 0 Å². The van der Waals surface area contributed by atoms with Crippen molar-refractivity contribution >= 4 is 0 Å². The van der Waals surface area contributed by atoms with Gasteiger partial charge in [0, 0.05) is 0 Å². The molecule has 1 fully saturated rings. The van der Waals surface area contributed by atoms with E-state index in [2.05, 4.69) is 0 Å². The van der Waals surface area contributed by atoms with Gasteiger partial charge in [-0.15, -0.1) is 0 Å². The van der Waals surface area contributed by atoms with E-state index in [4.69, 9.17) is 19.7 Å². The van der Waals surface area contributed by atoms with Gasteiger partial charge in [0.25, 0.3) is 0 Å². The number of unbranched alkanes of at least 4 members (excludes halogenated alkanes) is 4. The summed E-state index contributed by atoms with van der Waals surface area (Å²) < 4.78 is 10.7. The van der Waals surface area contributed by atoms with E-state index in [9.17, 15) is 0 Å². The van der Waals surface area contributed by atoms with Gasteiger partial charge in [-0.2, -0.15) is 0 Å². The fourth-order valence-corrected chi connectivity index (χ4v) is 1.89. The van der Waals surface area contributed by atoms with Gasteiger partial charge in [-0.05, 0) is 19.3 Å². The zero-order valence-corrected chi connectivity index (χ0v) is 9.94. The van der Waals surface area contributed by atoms with E-state index in [1.54, 1.807) is 0 Å². The molecular formula is C12H24O4. The molecule has 4 nitrogen and oxygen atoms in total. The Morgan fingerprint density at radius 3 is 2.31 bits per heavy atom. The van der Waals surface area contributed by atoms with Crippen molar-refractivity contribution in [2.75, 3.05) is 19.8 Å². The Hall–Kier alpha value is -0.160. The van der Waals surface area contributed by atoms with Gasteiger partial charge in [-0.25, -0.2) is 0 Å². The minimum absolute atomic E-state index is 0.0382. The first-order valence-corrected chi connectivity index (χ1v) is 6.35. The molecule has 0 aromatic rings. The molecule has 0 aromatic heterocycles. The SMILES string of the molecule is OCC(O)CCCCCCCC1OCCO1. The molecule has 1 aliphatic heterocycles. The molecule has 0 amide bonds. The maximum absolute atomic E-state index is 9.12. The first kappa shape index (κ1) is 13.9. The van der Waals surface area contributed by atoms with Crippen LogP contribution in [0.1, 0.15) is 44.9 Å². The van der Waals surface area contributed by atoms with Gasteiger partial charge < -0.3 is 19.7 Å². The number of aliphatic hydroxyl groups excluding tert-OH is 2. The molecule has 1 atom stereocenters. The molecule has 1 rings (SSSR count). The Kier molecular flexibility index (Phi) is 7.76.